The summed E-state index contributed by atoms with van der Waals surface area (Å²) >= 11 is 0. The van der Waals surface area contributed by atoms with Crippen LogP contribution in [0.15, 0.2) is 24.3 Å². The third-order valence-corrected chi connectivity index (χ3v) is 6.10. The van der Waals surface area contributed by atoms with Crippen LogP contribution in [0.2, 0.25) is 0 Å². The summed E-state index contributed by atoms with van der Waals surface area (Å²) in [5, 5.41) is 3.04. The molecule has 1 aromatic carbocycles. The van der Waals surface area contributed by atoms with Crippen molar-refractivity contribution in [2.45, 2.75) is 90.1 Å². The molecular formula is C24H35NO4. The minimum Gasteiger partial charge on any atom is -0.367 e. The van der Waals surface area contributed by atoms with Crippen LogP contribution in [-0.2, 0) is 31.1 Å². The van der Waals surface area contributed by atoms with Crippen LogP contribution in [0, 0.1) is 5.92 Å². The van der Waals surface area contributed by atoms with Crippen LogP contribution in [0.3, 0.4) is 0 Å². The summed E-state index contributed by atoms with van der Waals surface area (Å²) < 4.78 is 11.7. The molecule has 1 aromatic rings. The molecule has 2 aliphatic rings. The van der Waals surface area contributed by atoms with Crippen molar-refractivity contribution in [1.82, 2.24) is 5.32 Å². The van der Waals surface area contributed by atoms with Crippen molar-refractivity contribution in [3.8, 4) is 0 Å². The summed E-state index contributed by atoms with van der Waals surface area (Å²) in [6.45, 7) is 11.2. The predicted octanol–water partition coefficient (Wildman–Crippen LogP) is 3.92. The Hall–Kier alpha value is -1.72. The van der Waals surface area contributed by atoms with E-state index < -0.39 is 11.6 Å². The fourth-order valence-corrected chi connectivity index (χ4v) is 4.31. The lowest BCUT2D eigenvalue weighted by Gasteiger charge is -2.30. The Morgan fingerprint density at radius 3 is 2.59 bits per heavy atom. The van der Waals surface area contributed by atoms with Gasteiger partial charge in [0.15, 0.2) is 5.78 Å². The van der Waals surface area contributed by atoms with Crippen molar-refractivity contribution in [3.05, 3.63) is 35.4 Å². The molecule has 1 N–H and O–H groups in total. The van der Waals surface area contributed by atoms with Gasteiger partial charge in [0.05, 0.1) is 12.7 Å². The number of hydrogen-bond donors (Lipinski definition) is 1. The summed E-state index contributed by atoms with van der Waals surface area (Å²) in [5.74, 6) is 0.103. The molecule has 1 amide bonds. The molecule has 5 heteroatoms. The maximum atomic E-state index is 13.1. The van der Waals surface area contributed by atoms with Crippen molar-refractivity contribution in [3.63, 3.8) is 0 Å². The third kappa shape index (κ3) is 4.89. The predicted molar refractivity (Wildman–Crippen MR) is 113 cm³/mol. The van der Waals surface area contributed by atoms with E-state index in [2.05, 4.69) is 64.2 Å². The summed E-state index contributed by atoms with van der Waals surface area (Å²) in [6, 6.07) is 8.36. The van der Waals surface area contributed by atoms with E-state index in [-0.39, 0.29) is 29.8 Å². The van der Waals surface area contributed by atoms with Gasteiger partial charge in [-0.3, -0.25) is 9.59 Å². The van der Waals surface area contributed by atoms with Gasteiger partial charge in [-0.25, -0.2) is 0 Å². The average molecular weight is 402 g/mol. The van der Waals surface area contributed by atoms with E-state index in [0.717, 1.165) is 18.4 Å². The fraction of sp³-hybridized carbons (Fsp3) is 0.667. The molecule has 3 rings (SSSR count). The molecule has 1 aliphatic carbocycles. The zero-order chi connectivity index (χ0) is 21.2. The van der Waals surface area contributed by atoms with Gasteiger partial charge >= 0.3 is 0 Å². The van der Waals surface area contributed by atoms with E-state index in [4.69, 9.17) is 9.47 Å². The van der Waals surface area contributed by atoms with Crippen LogP contribution in [0.5, 0.6) is 0 Å². The van der Waals surface area contributed by atoms with Gasteiger partial charge in [0.1, 0.15) is 18.2 Å². The van der Waals surface area contributed by atoms with Gasteiger partial charge in [-0.2, -0.15) is 0 Å². The minimum atomic E-state index is -0.843. The Labute approximate surface area is 174 Å². The molecule has 29 heavy (non-hydrogen) atoms. The molecule has 0 spiro atoms. The van der Waals surface area contributed by atoms with Crippen LogP contribution >= 0.6 is 0 Å². The standard InChI is InChI=1S/C24H35NO4/c1-16(2)13-19(28-14-17-8-10-18(11-9-17)23(3,4)5)22(27)25-24-12-6-7-21(24)29-15-20(24)26/h8-11,16,19,21H,6-7,12-15H2,1-5H3,(H,25,27). The van der Waals surface area contributed by atoms with Gasteiger partial charge in [-0.05, 0) is 48.1 Å². The lowest BCUT2D eigenvalue weighted by molar-refractivity contribution is -0.140. The first-order valence-corrected chi connectivity index (χ1v) is 10.8. The number of ether oxygens (including phenoxy) is 2. The summed E-state index contributed by atoms with van der Waals surface area (Å²) in [7, 11) is 0. The van der Waals surface area contributed by atoms with E-state index in [1.807, 2.05) is 0 Å². The Balaban J connectivity index is 1.66. The van der Waals surface area contributed by atoms with Gasteiger partial charge in [0.2, 0.25) is 5.91 Å². The second-order valence-electron chi connectivity index (χ2n) is 9.95. The second kappa shape index (κ2) is 8.57. The van der Waals surface area contributed by atoms with Crippen LogP contribution in [0.1, 0.15) is 71.4 Å². The quantitative estimate of drug-likeness (QED) is 0.752. The van der Waals surface area contributed by atoms with Gasteiger partial charge in [0, 0.05) is 0 Å². The normalized spacial score (nSPS) is 25.3. The summed E-state index contributed by atoms with van der Waals surface area (Å²) in [4.78, 5) is 25.6. The molecule has 0 aromatic heterocycles. The SMILES string of the molecule is CC(C)CC(OCc1ccc(C(C)(C)C)cc1)C(=O)NC12CCCC1OCC2=O. The van der Waals surface area contributed by atoms with Crippen molar-refractivity contribution in [2.24, 2.45) is 5.92 Å². The van der Waals surface area contributed by atoms with Crippen molar-refractivity contribution in [2.75, 3.05) is 6.61 Å². The van der Waals surface area contributed by atoms with Crippen LogP contribution in [-0.4, -0.2) is 36.0 Å². The Bertz CT molecular complexity index is 734. The Morgan fingerprint density at radius 1 is 1.28 bits per heavy atom. The monoisotopic (exact) mass is 401 g/mol. The number of ketones is 1. The molecule has 160 valence electrons. The molecule has 0 bridgehead atoms. The maximum Gasteiger partial charge on any atom is 0.250 e. The Kier molecular flexibility index (Phi) is 6.49. The maximum absolute atomic E-state index is 13.1. The highest BCUT2D eigenvalue weighted by molar-refractivity contribution is 5.97. The average Bonchev–Trinajstić information content (AvgIpc) is 3.18. The molecular weight excluding hydrogens is 366 g/mol. The Morgan fingerprint density at radius 2 is 1.97 bits per heavy atom. The molecule has 0 radical (unpaired) electrons. The highest BCUT2D eigenvalue weighted by atomic mass is 16.5. The van der Waals surface area contributed by atoms with E-state index in [1.165, 1.54) is 5.56 Å². The molecule has 2 fully saturated rings. The van der Waals surface area contributed by atoms with Crippen LogP contribution in [0.4, 0.5) is 0 Å². The van der Waals surface area contributed by atoms with E-state index in [0.29, 0.717) is 25.4 Å². The number of nitrogens with one attached hydrogen (secondary N) is 1. The lowest BCUT2D eigenvalue weighted by atomic mass is 9.87. The zero-order valence-corrected chi connectivity index (χ0v) is 18.4. The number of amides is 1. The highest BCUT2D eigenvalue weighted by Gasteiger charge is 2.55. The van der Waals surface area contributed by atoms with Crippen LogP contribution < -0.4 is 5.32 Å². The van der Waals surface area contributed by atoms with Crippen molar-refractivity contribution in [1.29, 1.82) is 0 Å². The molecule has 3 atom stereocenters. The van der Waals surface area contributed by atoms with E-state index in [9.17, 15) is 9.59 Å². The van der Waals surface area contributed by atoms with Gasteiger partial charge < -0.3 is 14.8 Å². The molecule has 1 saturated heterocycles. The highest BCUT2D eigenvalue weighted by Crippen LogP contribution is 2.38. The number of carbonyl (C=O) groups excluding carboxylic acids is 2. The number of fused-ring (bicyclic) bond motifs is 1. The molecule has 1 saturated carbocycles. The third-order valence-electron chi connectivity index (χ3n) is 6.10. The smallest absolute Gasteiger partial charge is 0.250 e. The first-order chi connectivity index (χ1) is 13.6. The van der Waals surface area contributed by atoms with Gasteiger partial charge in [-0.1, -0.05) is 58.9 Å². The molecule has 5 nitrogen and oxygen atoms in total. The van der Waals surface area contributed by atoms with Crippen molar-refractivity contribution >= 4 is 11.7 Å². The summed E-state index contributed by atoms with van der Waals surface area (Å²) in [6.07, 6.45) is 2.21. The first kappa shape index (κ1) is 22.0. The zero-order valence-electron chi connectivity index (χ0n) is 18.4. The molecule has 3 unspecified atom stereocenters. The van der Waals surface area contributed by atoms with Crippen LogP contribution in [0.25, 0.3) is 0 Å². The van der Waals surface area contributed by atoms with Gasteiger partial charge in [0.25, 0.3) is 0 Å². The van der Waals surface area contributed by atoms with E-state index in [1.54, 1.807) is 0 Å². The largest absolute Gasteiger partial charge is 0.367 e. The van der Waals surface area contributed by atoms with Crippen molar-refractivity contribution < 1.29 is 19.1 Å². The molecule has 1 heterocycles. The van der Waals surface area contributed by atoms with E-state index >= 15 is 0 Å². The summed E-state index contributed by atoms with van der Waals surface area (Å²) in [5.41, 5.74) is 1.57. The number of carbonyl (C=O) groups is 2. The first-order valence-electron chi connectivity index (χ1n) is 10.8. The second-order valence-corrected chi connectivity index (χ2v) is 9.95. The number of hydrogen-bond acceptors (Lipinski definition) is 4. The lowest BCUT2D eigenvalue weighted by Crippen LogP contribution is -2.58. The minimum absolute atomic E-state index is 0.00517. The van der Waals surface area contributed by atoms with Gasteiger partial charge in [-0.15, -0.1) is 0 Å². The number of benzene rings is 1. The number of rotatable bonds is 7. The molecule has 1 aliphatic heterocycles. The topological polar surface area (TPSA) is 64.6 Å². The number of Topliss-reactive ketones (excluding diaryl/α,β-unsaturated/α-hetero) is 1. The fourth-order valence-electron chi connectivity index (χ4n) is 4.31.